The van der Waals surface area contributed by atoms with Crippen molar-refractivity contribution in [3.63, 3.8) is 0 Å². The van der Waals surface area contributed by atoms with Crippen LogP contribution in [0.25, 0.3) is 28.0 Å². The molecule has 5 rings (SSSR count). The fourth-order valence-electron chi connectivity index (χ4n) is 5.61. The molecule has 1 saturated heterocycles. The lowest BCUT2D eigenvalue weighted by Crippen LogP contribution is -2.55. The summed E-state index contributed by atoms with van der Waals surface area (Å²) in [6, 6.07) is 7.70. The van der Waals surface area contributed by atoms with Gasteiger partial charge in [0.15, 0.2) is 5.65 Å². The molecule has 1 aromatic carbocycles. The van der Waals surface area contributed by atoms with E-state index in [4.69, 9.17) is 21.3 Å². The molecule has 12 heteroatoms. The first-order valence-corrected chi connectivity index (χ1v) is 15.5. The first kappa shape index (κ1) is 32.3. The van der Waals surface area contributed by atoms with Gasteiger partial charge in [0, 0.05) is 31.2 Å². The van der Waals surface area contributed by atoms with Gasteiger partial charge in [0.2, 0.25) is 0 Å². The van der Waals surface area contributed by atoms with E-state index >= 15 is 4.39 Å². The molecule has 1 aliphatic rings. The lowest BCUT2D eigenvalue weighted by Gasteiger charge is -2.41. The van der Waals surface area contributed by atoms with Crippen LogP contribution in [0.2, 0.25) is 5.02 Å². The standard InChI is InChI=1S/C33H39ClFN7O3/c1-18(2)25-28(26(19(3)4)37-17-36-25)42-30-22(15-23(34)27(38-30)21-11-9-10-12-24(21)35)29(39-31(42)43)41-14-13-40(16-20(41)5)32(44)45-33(6,7)8/h9-12,15,17-20H,13-14,16H2,1-8H3. The number of piperazine rings is 1. The molecule has 3 aromatic heterocycles. The van der Waals surface area contributed by atoms with Crippen LogP contribution >= 0.6 is 11.6 Å². The molecule has 4 aromatic rings. The van der Waals surface area contributed by atoms with Crippen LogP contribution < -0.4 is 10.6 Å². The van der Waals surface area contributed by atoms with Crippen molar-refractivity contribution in [2.24, 2.45) is 0 Å². The maximum atomic E-state index is 15.1. The molecule has 0 aliphatic carbocycles. The van der Waals surface area contributed by atoms with E-state index < -0.39 is 23.2 Å². The van der Waals surface area contributed by atoms with Gasteiger partial charge in [-0.05, 0) is 57.7 Å². The lowest BCUT2D eigenvalue weighted by atomic mass is 10.0. The van der Waals surface area contributed by atoms with Crippen LogP contribution in [-0.4, -0.2) is 66.8 Å². The van der Waals surface area contributed by atoms with Crippen LogP contribution in [0.15, 0.2) is 41.5 Å². The molecule has 45 heavy (non-hydrogen) atoms. The SMILES string of the molecule is CC(C)c1ncnc(C(C)C)c1-n1c(=O)nc(N2CCN(C(=O)OC(C)(C)C)CC2C)c2cc(Cl)c(-c3ccccc3F)nc21. The van der Waals surface area contributed by atoms with Crippen molar-refractivity contribution in [1.82, 2.24) is 29.4 Å². The molecule has 238 valence electrons. The molecule has 0 spiro atoms. The third-order valence-electron chi connectivity index (χ3n) is 7.68. The number of hydrogen-bond donors (Lipinski definition) is 0. The van der Waals surface area contributed by atoms with Crippen molar-refractivity contribution in [2.45, 2.75) is 78.9 Å². The van der Waals surface area contributed by atoms with Crippen molar-refractivity contribution in [3.8, 4) is 16.9 Å². The van der Waals surface area contributed by atoms with Crippen molar-refractivity contribution < 1.29 is 13.9 Å². The first-order chi connectivity index (χ1) is 21.2. The molecule has 10 nitrogen and oxygen atoms in total. The summed E-state index contributed by atoms with van der Waals surface area (Å²) in [5.74, 6) is -0.218. The third kappa shape index (κ3) is 6.36. The number of amides is 1. The maximum absolute atomic E-state index is 15.1. The number of nitrogens with zero attached hydrogens (tertiary/aromatic N) is 7. The van der Waals surface area contributed by atoms with Crippen LogP contribution in [0.3, 0.4) is 0 Å². The highest BCUT2D eigenvalue weighted by Crippen LogP contribution is 2.37. The van der Waals surface area contributed by atoms with Crippen molar-refractivity contribution >= 4 is 34.5 Å². The van der Waals surface area contributed by atoms with Crippen molar-refractivity contribution in [2.75, 3.05) is 24.5 Å². The number of benzene rings is 1. The molecule has 1 fully saturated rings. The summed E-state index contributed by atoms with van der Waals surface area (Å²) >= 11 is 6.83. The van der Waals surface area contributed by atoms with Gasteiger partial charge in [-0.1, -0.05) is 51.4 Å². The number of rotatable bonds is 5. The van der Waals surface area contributed by atoms with Crippen LogP contribution in [0.1, 0.15) is 78.6 Å². The van der Waals surface area contributed by atoms with Crippen molar-refractivity contribution in [3.05, 3.63) is 69.4 Å². The molecule has 4 heterocycles. The van der Waals surface area contributed by atoms with E-state index in [-0.39, 0.29) is 39.8 Å². The van der Waals surface area contributed by atoms with Gasteiger partial charge in [-0.25, -0.2) is 33.5 Å². The van der Waals surface area contributed by atoms with Gasteiger partial charge in [0.1, 0.15) is 23.6 Å². The van der Waals surface area contributed by atoms with E-state index in [1.165, 1.54) is 17.0 Å². The van der Waals surface area contributed by atoms with E-state index in [9.17, 15) is 9.59 Å². The topological polar surface area (TPSA) is 106 Å². The van der Waals surface area contributed by atoms with Crippen molar-refractivity contribution in [1.29, 1.82) is 0 Å². The molecule has 1 amide bonds. The Balaban J connectivity index is 1.76. The third-order valence-corrected chi connectivity index (χ3v) is 7.97. The second-order valence-electron chi connectivity index (χ2n) is 13.0. The quantitative estimate of drug-likeness (QED) is 0.238. The summed E-state index contributed by atoms with van der Waals surface area (Å²) < 4.78 is 22.1. The predicted molar refractivity (Wildman–Crippen MR) is 174 cm³/mol. The Morgan fingerprint density at radius 1 is 1.04 bits per heavy atom. The number of hydrogen-bond acceptors (Lipinski definition) is 8. The summed E-state index contributed by atoms with van der Waals surface area (Å²) in [6.07, 6.45) is 1.11. The first-order valence-electron chi connectivity index (χ1n) is 15.2. The van der Waals surface area contributed by atoms with E-state index in [0.717, 1.165) is 0 Å². The Morgan fingerprint density at radius 3 is 2.27 bits per heavy atom. The minimum atomic E-state index is -0.622. The zero-order valence-corrected chi connectivity index (χ0v) is 27.7. The summed E-state index contributed by atoms with van der Waals surface area (Å²) in [6.45, 7) is 16.5. The van der Waals surface area contributed by atoms with E-state index in [2.05, 4.69) is 15.0 Å². The van der Waals surface area contributed by atoms with Gasteiger partial charge in [-0.3, -0.25) is 0 Å². The Kier molecular flexibility index (Phi) is 8.86. The molecule has 0 N–H and O–H groups in total. The highest BCUT2D eigenvalue weighted by Gasteiger charge is 2.33. The van der Waals surface area contributed by atoms with E-state index in [1.54, 1.807) is 29.2 Å². The normalized spacial score (nSPS) is 15.8. The maximum Gasteiger partial charge on any atom is 0.410 e. The fourth-order valence-corrected chi connectivity index (χ4v) is 5.87. The van der Waals surface area contributed by atoms with E-state index in [1.807, 2.05) is 60.3 Å². The van der Waals surface area contributed by atoms with E-state index in [0.29, 0.717) is 47.9 Å². The average Bonchev–Trinajstić information content (AvgIpc) is 2.96. The summed E-state index contributed by atoms with van der Waals surface area (Å²) in [7, 11) is 0. The Morgan fingerprint density at radius 2 is 1.69 bits per heavy atom. The monoisotopic (exact) mass is 635 g/mol. The molecule has 1 atom stereocenters. The van der Waals surface area contributed by atoms with Gasteiger partial charge in [0.05, 0.1) is 33.2 Å². The molecular formula is C33H39ClFN7O3. The fraction of sp³-hybridized carbons (Fsp3) is 0.455. The Bertz CT molecular complexity index is 1790. The number of carbonyl (C=O) groups is 1. The van der Waals surface area contributed by atoms with Crippen LogP contribution in [0.4, 0.5) is 15.0 Å². The Hall–Kier alpha value is -4.12. The van der Waals surface area contributed by atoms with Crippen LogP contribution in [0, 0.1) is 5.82 Å². The molecule has 1 unspecified atom stereocenters. The number of halogens is 2. The number of fused-ring (bicyclic) bond motifs is 1. The number of carbonyl (C=O) groups excluding carboxylic acids is 1. The van der Waals surface area contributed by atoms with Gasteiger partial charge < -0.3 is 14.5 Å². The summed E-state index contributed by atoms with van der Waals surface area (Å²) in [4.78, 5) is 49.3. The highest BCUT2D eigenvalue weighted by molar-refractivity contribution is 6.33. The Labute approximate surface area is 267 Å². The smallest absolute Gasteiger partial charge is 0.410 e. The summed E-state index contributed by atoms with van der Waals surface area (Å²) in [5, 5.41) is 0.712. The van der Waals surface area contributed by atoms with Gasteiger partial charge in [-0.2, -0.15) is 4.98 Å². The number of anilines is 1. The minimum absolute atomic E-state index is 0.0542. The minimum Gasteiger partial charge on any atom is -0.444 e. The number of ether oxygens (including phenoxy) is 1. The number of aromatic nitrogens is 5. The zero-order valence-electron chi connectivity index (χ0n) is 26.9. The second kappa shape index (κ2) is 12.3. The van der Waals surface area contributed by atoms with Crippen LogP contribution in [-0.2, 0) is 4.74 Å². The molecule has 1 aliphatic heterocycles. The van der Waals surface area contributed by atoms with Crippen LogP contribution in [0.5, 0.6) is 0 Å². The average molecular weight is 636 g/mol. The molecule has 0 saturated carbocycles. The second-order valence-corrected chi connectivity index (χ2v) is 13.4. The number of pyridine rings is 1. The van der Waals surface area contributed by atoms with Gasteiger partial charge >= 0.3 is 11.8 Å². The van der Waals surface area contributed by atoms with Gasteiger partial charge in [0.25, 0.3) is 0 Å². The lowest BCUT2D eigenvalue weighted by molar-refractivity contribution is 0.0218. The molecular weight excluding hydrogens is 597 g/mol. The molecule has 0 bridgehead atoms. The van der Waals surface area contributed by atoms with Gasteiger partial charge in [-0.15, -0.1) is 0 Å². The molecule has 0 radical (unpaired) electrons. The zero-order chi connectivity index (χ0) is 32.8. The predicted octanol–water partition coefficient (Wildman–Crippen LogP) is 6.72. The summed E-state index contributed by atoms with van der Waals surface area (Å²) in [5.41, 5.74) is 1.30. The largest absolute Gasteiger partial charge is 0.444 e. The highest BCUT2D eigenvalue weighted by atomic mass is 35.5.